The van der Waals surface area contributed by atoms with Gasteiger partial charge in [0.25, 0.3) is 0 Å². The highest BCUT2D eigenvalue weighted by Gasteiger charge is 2.41. The first kappa shape index (κ1) is 18.8. The molecule has 3 heterocycles. The number of amides is 2. The third-order valence-electron chi connectivity index (χ3n) is 5.23. The minimum Gasteiger partial charge on any atom is -0.372 e. The lowest BCUT2D eigenvalue weighted by Crippen LogP contribution is -2.46. The zero-order chi connectivity index (χ0) is 18.7. The van der Waals surface area contributed by atoms with Crippen molar-refractivity contribution in [3.8, 4) is 0 Å². The van der Waals surface area contributed by atoms with Crippen molar-refractivity contribution in [2.75, 3.05) is 19.6 Å². The number of aromatic nitrogens is 1. The minimum atomic E-state index is -0.224. The Kier molecular flexibility index (Phi) is 5.61. The summed E-state index contributed by atoms with van der Waals surface area (Å²) in [5.74, 6) is 0.00502. The van der Waals surface area contributed by atoms with Crippen LogP contribution in [0.5, 0.6) is 0 Å². The summed E-state index contributed by atoms with van der Waals surface area (Å²) in [6, 6.07) is 5.80. The van der Waals surface area contributed by atoms with E-state index in [-0.39, 0.29) is 29.4 Å². The van der Waals surface area contributed by atoms with Crippen LogP contribution >= 0.6 is 0 Å². The largest absolute Gasteiger partial charge is 0.372 e. The SMILES string of the molecule is CC(C)(C)N1C[C@@H](C(=O)N2CCC(OCc3ccccn3)CC2)CC1=O. The fourth-order valence-corrected chi connectivity index (χ4v) is 3.71. The summed E-state index contributed by atoms with van der Waals surface area (Å²) in [6.45, 7) is 8.50. The average molecular weight is 359 g/mol. The molecule has 0 unspecified atom stereocenters. The molecule has 2 aliphatic rings. The van der Waals surface area contributed by atoms with E-state index in [0.29, 0.717) is 32.7 Å². The molecule has 0 aliphatic carbocycles. The molecular formula is C20H29N3O3. The monoisotopic (exact) mass is 359 g/mol. The highest BCUT2D eigenvalue weighted by molar-refractivity contribution is 5.89. The second kappa shape index (κ2) is 7.74. The fourth-order valence-electron chi connectivity index (χ4n) is 3.71. The van der Waals surface area contributed by atoms with Crippen molar-refractivity contribution in [2.24, 2.45) is 5.92 Å². The third-order valence-corrected chi connectivity index (χ3v) is 5.23. The van der Waals surface area contributed by atoms with Crippen LogP contribution in [-0.4, -0.2) is 57.9 Å². The first-order valence-electron chi connectivity index (χ1n) is 9.45. The van der Waals surface area contributed by atoms with Gasteiger partial charge in [-0.2, -0.15) is 0 Å². The maximum absolute atomic E-state index is 12.8. The van der Waals surface area contributed by atoms with Crippen LogP contribution in [0.3, 0.4) is 0 Å². The number of likely N-dealkylation sites (tertiary alicyclic amines) is 2. The van der Waals surface area contributed by atoms with Gasteiger partial charge >= 0.3 is 0 Å². The Morgan fingerprint density at radius 1 is 1.27 bits per heavy atom. The molecule has 2 saturated heterocycles. The Hall–Kier alpha value is -1.95. The fraction of sp³-hybridized carbons (Fsp3) is 0.650. The molecule has 0 spiro atoms. The third kappa shape index (κ3) is 4.41. The van der Waals surface area contributed by atoms with E-state index in [4.69, 9.17) is 4.74 Å². The number of carbonyl (C=O) groups excluding carboxylic acids is 2. The zero-order valence-corrected chi connectivity index (χ0v) is 16.0. The Balaban J connectivity index is 1.46. The van der Waals surface area contributed by atoms with Crippen molar-refractivity contribution >= 4 is 11.8 Å². The zero-order valence-electron chi connectivity index (χ0n) is 16.0. The quantitative estimate of drug-likeness (QED) is 0.827. The van der Waals surface area contributed by atoms with Crippen LogP contribution in [0.4, 0.5) is 0 Å². The second-order valence-corrected chi connectivity index (χ2v) is 8.23. The summed E-state index contributed by atoms with van der Waals surface area (Å²) in [7, 11) is 0. The number of nitrogens with zero attached hydrogens (tertiary/aromatic N) is 3. The summed E-state index contributed by atoms with van der Waals surface area (Å²) in [4.78, 5) is 33.0. The molecule has 6 nitrogen and oxygen atoms in total. The van der Waals surface area contributed by atoms with E-state index in [2.05, 4.69) is 4.98 Å². The predicted octanol–water partition coefficient (Wildman–Crippen LogP) is 2.24. The van der Waals surface area contributed by atoms with Crippen LogP contribution in [0, 0.1) is 5.92 Å². The Morgan fingerprint density at radius 3 is 2.58 bits per heavy atom. The molecule has 0 saturated carbocycles. The Bertz CT molecular complexity index is 633. The van der Waals surface area contributed by atoms with Gasteiger partial charge in [-0.05, 0) is 45.7 Å². The van der Waals surface area contributed by atoms with Crippen molar-refractivity contribution in [3.05, 3.63) is 30.1 Å². The molecule has 1 aromatic heterocycles. The molecule has 2 fully saturated rings. The predicted molar refractivity (Wildman–Crippen MR) is 98.2 cm³/mol. The molecule has 0 radical (unpaired) electrons. The smallest absolute Gasteiger partial charge is 0.227 e. The van der Waals surface area contributed by atoms with Gasteiger partial charge in [-0.3, -0.25) is 14.6 Å². The molecule has 0 aromatic carbocycles. The van der Waals surface area contributed by atoms with E-state index in [0.717, 1.165) is 18.5 Å². The van der Waals surface area contributed by atoms with E-state index in [9.17, 15) is 9.59 Å². The lowest BCUT2D eigenvalue weighted by atomic mass is 10.0. The summed E-state index contributed by atoms with van der Waals surface area (Å²) in [5, 5.41) is 0. The molecule has 6 heteroatoms. The van der Waals surface area contributed by atoms with E-state index >= 15 is 0 Å². The molecule has 142 valence electrons. The summed E-state index contributed by atoms with van der Waals surface area (Å²) in [5.41, 5.74) is 0.705. The van der Waals surface area contributed by atoms with E-state index in [1.165, 1.54) is 0 Å². The van der Waals surface area contributed by atoms with Gasteiger partial charge in [0.05, 0.1) is 24.3 Å². The molecule has 2 amide bonds. The number of ether oxygens (including phenoxy) is 1. The molecule has 26 heavy (non-hydrogen) atoms. The molecule has 1 aromatic rings. The van der Waals surface area contributed by atoms with E-state index < -0.39 is 0 Å². The second-order valence-electron chi connectivity index (χ2n) is 8.23. The highest BCUT2D eigenvalue weighted by Crippen LogP contribution is 2.28. The summed E-state index contributed by atoms with van der Waals surface area (Å²) in [6.07, 6.45) is 3.94. The number of pyridine rings is 1. The number of hydrogen-bond donors (Lipinski definition) is 0. The summed E-state index contributed by atoms with van der Waals surface area (Å²) < 4.78 is 5.94. The van der Waals surface area contributed by atoms with Crippen molar-refractivity contribution in [1.29, 1.82) is 0 Å². The van der Waals surface area contributed by atoms with Crippen molar-refractivity contribution in [2.45, 2.75) is 58.3 Å². The van der Waals surface area contributed by atoms with Gasteiger partial charge in [-0.15, -0.1) is 0 Å². The molecule has 2 aliphatic heterocycles. The average Bonchev–Trinajstić information content (AvgIpc) is 3.03. The maximum Gasteiger partial charge on any atom is 0.227 e. The van der Waals surface area contributed by atoms with Crippen molar-refractivity contribution in [3.63, 3.8) is 0 Å². The van der Waals surface area contributed by atoms with Gasteiger partial charge in [-0.25, -0.2) is 0 Å². The lowest BCUT2D eigenvalue weighted by Gasteiger charge is -2.34. The number of hydrogen-bond acceptors (Lipinski definition) is 4. The Morgan fingerprint density at radius 2 is 2.00 bits per heavy atom. The molecular weight excluding hydrogens is 330 g/mol. The number of rotatable bonds is 4. The maximum atomic E-state index is 12.8. The van der Waals surface area contributed by atoms with Gasteiger partial charge in [0.15, 0.2) is 0 Å². The van der Waals surface area contributed by atoms with Crippen LogP contribution in [-0.2, 0) is 20.9 Å². The highest BCUT2D eigenvalue weighted by atomic mass is 16.5. The van der Waals surface area contributed by atoms with Gasteiger partial charge in [0, 0.05) is 37.8 Å². The standard InChI is InChI=1S/C20H29N3O3/c1-20(2,3)23-13-15(12-18(23)24)19(25)22-10-7-17(8-11-22)26-14-16-6-4-5-9-21-16/h4-6,9,15,17H,7-8,10-14H2,1-3H3/t15-/m0/s1. The van der Waals surface area contributed by atoms with Crippen LogP contribution in [0.1, 0.15) is 45.7 Å². The van der Waals surface area contributed by atoms with Crippen LogP contribution in [0.15, 0.2) is 24.4 Å². The van der Waals surface area contributed by atoms with Crippen LogP contribution in [0.25, 0.3) is 0 Å². The molecule has 3 rings (SSSR count). The topological polar surface area (TPSA) is 62.7 Å². The van der Waals surface area contributed by atoms with Gasteiger partial charge < -0.3 is 14.5 Å². The van der Waals surface area contributed by atoms with Gasteiger partial charge in [0.2, 0.25) is 11.8 Å². The molecule has 1 atom stereocenters. The van der Waals surface area contributed by atoms with Gasteiger partial charge in [0.1, 0.15) is 0 Å². The summed E-state index contributed by atoms with van der Waals surface area (Å²) >= 11 is 0. The molecule has 0 N–H and O–H groups in total. The van der Waals surface area contributed by atoms with E-state index in [1.807, 2.05) is 48.8 Å². The van der Waals surface area contributed by atoms with Crippen LogP contribution in [0.2, 0.25) is 0 Å². The number of piperidine rings is 1. The van der Waals surface area contributed by atoms with Crippen molar-refractivity contribution in [1.82, 2.24) is 14.8 Å². The van der Waals surface area contributed by atoms with Crippen LogP contribution < -0.4 is 0 Å². The minimum absolute atomic E-state index is 0.0874. The lowest BCUT2D eigenvalue weighted by molar-refractivity contribution is -0.138. The van der Waals surface area contributed by atoms with Gasteiger partial charge in [-0.1, -0.05) is 6.07 Å². The Labute approximate surface area is 155 Å². The first-order valence-corrected chi connectivity index (χ1v) is 9.45. The van der Waals surface area contributed by atoms with E-state index in [1.54, 1.807) is 6.20 Å². The number of carbonyl (C=O) groups is 2. The van der Waals surface area contributed by atoms with Crippen molar-refractivity contribution < 1.29 is 14.3 Å². The normalized spacial score (nSPS) is 22.1. The molecule has 0 bridgehead atoms. The first-order chi connectivity index (χ1) is 12.3.